The molecule has 0 saturated heterocycles. The second-order valence-electron chi connectivity index (χ2n) is 4.47. The summed E-state index contributed by atoms with van der Waals surface area (Å²) >= 11 is 5.77. The van der Waals surface area contributed by atoms with Gasteiger partial charge in [-0.2, -0.15) is 0 Å². The minimum absolute atomic E-state index is 0.0723. The fourth-order valence-electron chi connectivity index (χ4n) is 1.70. The minimum atomic E-state index is -0.252. The highest BCUT2D eigenvalue weighted by atomic mass is 35.5. The Bertz CT molecular complexity index is 538. The molecule has 0 aromatic carbocycles. The molecule has 0 spiro atoms. The molecule has 0 aliphatic heterocycles. The Morgan fingerprint density at radius 1 is 1.17 bits per heavy atom. The van der Waals surface area contributed by atoms with E-state index in [4.69, 9.17) is 11.6 Å². The van der Waals surface area contributed by atoms with Crippen molar-refractivity contribution in [3.8, 4) is 0 Å². The summed E-state index contributed by atoms with van der Waals surface area (Å²) in [6.07, 6.45) is 2.18. The molecule has 2 nitrogen and oxygen atoms in total. The molecule has 0 fully saturated rings. The van der Waals surface area contributed by atoms with Crippen molar-refractivity contribution in [1.29, 1.82) is 0 Å². The maximum Gasteiger partial charge on any atom is 0.144 e. The summed E-state index contributed by atoms with van der Waals surface area (Å²) in [5.41, 5.74) is 2.18. The van der Waals surface area contributed by atoms with Gasteiger partial charge in [0.15, 0.2) is 0 Å². The number of hydrogen-bond acceptors (Lipinski definition) is 2. The van der Waals surface area contributed by atoms with Crippen molar-refractivity contribution in [2.24, 2.45) is 0 Å². The van der Waals surface area contributed by atoms with Crippen molar-refractivity contribution in [3.05, 3.63) is 58.4 Å². The molecule has 0 atom stereocenters. The van der Waals surface area contributed by atoms with Gasteiger partial charge in [-0.15, -0.1) is 0 Å². The molecule has 0 radical (unpaired) electrons. The molecule has 18 heavy (non-hydrogen) atoms. The lowest BCUT2D eigenvalue weighted by Crippen LogP contribution is -2.02. The van der Waals surface area contributed by atoms with Crippen LogP contribution in [0.15, 0.2) is 30.5 Å². The van der Waals surface area contributed by atoms with Gasteiger partial charge in [-0.25, -0.2) is 4.39 Å². The van der Waals surface area contributed by atoms with E-state index in [0.29, 0.717) is 17.1 Å². The zero-order valence-corrected chi connectivity index (χ0v) is 11.1. The monoisotopic (exact) mass is 264 g/mol. The average Bonchev–Trinajstić information content (AvgIpc) is 2.34. The topological polar surface area (TPSA) is 25.8 Å². The molecule has 0 amide bonds. The average molecular weight is 265 g/mol. The second-order valence-corrected chi connectivity index (χ2v) is 4.91. The maximum atomic E-state index is 13.5. The molecule has 0 unspecified atom stereocenters. The van der Waals surface area contributed by atoms with Crippen LogP contribution >= 0.6 is 11.6 Å². The van der Waals surface area contributed by atoms with Crippen LogP contribution in [-0.2, 0) is 6.42 Å². The van der Waals surface area contributed by atoms with Crippen LogP contribution < -0.4 is 0 Å². The van der Waals surface area contributed by atoms with Gasteiger partial charge in [0.05, 0.1) is 10.7 Å². The normalized spacial score (nSPS) is 10.9. The van der Waals surface area contributed by atoms with Crippen molar-refractivity contribution in [3.63, 3.8) is 0 Å². The number of hydrogen-bond donors (Lipinski definition) is 0. The third-order valence-corrected chi connectivity index (χ3v) is 2.85. The highest BCUT2D eigenvalue weighted by Crippen LogP contribution is 2.17. The highest BCUT2D eigenvalue weighted by molar-refractivity contribution is 6.30. The van der Waals surface area contributed by atoms with E-state index < -0.39 is 0 Å². The van der Waals surface area contributed by atoms with Gasteiger partial charge in [0.1, 0.15) is 5.82 Å². The Hall–Kier alpha value is -1.48. The molecular weight excluding hydrogens is 251 g/mol. The van der Waals surface area contributed by atoms with E-state index in [9.17, 15) is 4.39 Å². The van der Waals surface area contributed by atoms with Crippen LogP contribution in [0.2, 0.25) is 5.02 Å². The summed E-state index contributed by atoms with van der Waals surface area (Å²) in [5.74, 6) is -0.180. The summed E-state index contributed by atoms with van der Waals surface area (Å²) in [6.45, 7) is 3.85. The highest BCUT2D eigenvalue weighted by Gasteiger charge is 2.10. The van der Waals surface area contributed by atoms with E-state index in [1.165, 1.54) is 6.07 Å². The lowest BCUT2D eigenvalue weighted by atomic mass is 10.1. The molecule has 2 aromatic rings. The summed E-state index contributed by atoms with van der Waals surface area (Å²) in [6, 6.07) is 6.80. The lowest BCUT2D eigenvalue weighted by molar-refractivity contribution is 0.581. The molecule has 0 aliphatic carbocycles. The van der Waals surface area contributed by atoms with Crippen LogP contribution in [0.1, 0.15) is 36.8 Å². The van der Waals surface area contributed by atoms with Gasteiger partial charge in [0, 0.05) is 24.0 Å². The van der Waals surface area contributed by atoms with Crippen LogP contribution in [0.4, 0.5) is 4.39 Å². The van der Waals surface area contributed by atoms with E-state index >= 15 is 0 Å². The predicted octanol–water partition coefficient (Wildman–Crippen LogP) is 3.98. The van der Waals surface area contributed by atoms with Gasteiger partial charge >= 0.3 is 0 Å². The quantitative estimate of drug-likeness (QED) is 0.838. The van der Waals surface area contributed by atoms with E-state index in [-0.39, 0.29) is 11.7 Å². The fraction of sp³-hybridized carbons (Fsp3) is 0.286. The number of halogens is 2. The number of rotatable bonds is 3. The fourth-order valence-corrected chi connectivity index (χ4v) is 1.81. The standard InChI is InChI=1S/C14H14ClFN2/c1-9(2)14-13(16)6-5-12(18-14)7-11-4-3-10(15)8-17-11/h3-6,8-9H,7H2,1-2H3. The van der Waals surface area contributed by atoms with Crippen LogP contribution in [0.25, 0.3) is 0 Å². The Labute approximate surface area is 111 Å². The van der Waals surface area contributed by atoms with Crippen molar-refractivity contribution in [2.75, 3.05) is 0 Å². The third kappa shape index (κ3) is 3.05. The van der Waals surface area contributed by atoms with Gasteiger partial charge in [0.25, 0.3) is 0 Å². The minimum Gasteiger partial charge on any atom is -0.259 e. The second kappa shape index (κ2) is 5.44. The Morgan fingerprint density at radius 2 is 1.89 bits per heavy atom. The van der Waals surface area contributed by atoms with Gasteiger partial charge < -0.3 is 0 Å². The van der Waals surface area contributed by atoms with E-state index in [1.807, 2.05) is 19.9 Å². The van der Waals surface area contributed by atoms with E-state index in [1.54, 1.807) is 18.3 Å². The Morgan fingerprint density at radius 3 is 2.50 bits per heavy atom. The van der Waals surface area contributed by atoms with Gasteiger partial charge in [0.2, 0.25) is 0 Å². The number of pyridine rings is 2. The largest absolute Gasteiger partial charge is 0.259 e. The molecule has 0 N–H and O–H groups in total. The zero-order chi connectivity index (χ0) is 13.1. The SMILES string of the molecule is CC(C)c1nc(Cc2ccc(Cl)cn2)ccc1F. The molecule has 94 valence electrons. The first-order chi connectivity index (χ1) is 8.56. The predicted molar refractivity (Wildman–Crippen MR) is 70.3 cm³/mol. The number of aromatic nitrogens is 2. The summed E-state index contributed by atoms with van der Waals surface area (Å²) < 4.78 is 13.5. The first kappa shape index (κ1) is 13.0. The van der Waals surface area contributed by atoms with Crippen LogP contribution in [0.3, 0.4) is 0 Å². The molecule has 4 heteroatoms. The van der Waals surface area contributed by atoms with Crippen molar-refractivity contribution in [2.45, 2.75) is 26.2 Å². The van der Waals surface area contributed by atoms with E-state index in [2.05, 4.69) is 9.97 Å². The summed E-state index contributed by atoms with van der Waals surface area (Å²) in [7, 11) is 0. The molecular formula is C14H14ClFN2. The van der Waals surface area contributed by atoms with Crippen LogP contribution in [-0.4, -0.2) is 9.97 Å². The summed E-state index contributed by atoms with van der Waals surface area (Å²) in [5, 5.41) is 0.605. The maximum absolute atomic E-state index is 13.5. The molecule has 2 heterocycles. The van der Waals surface area contributed by atoms with Gasteiger partial charge in [-0.05, 0) is 30.2 Å². The van der Waals surface area contributed by atoms with Crippen LogP contribution in [0.5, 0.6) is 0 Å². The third-order valence-electron chi connectivity index (χ3n) is 2.63. The first-order valence-electron chi connectivity index (χ1n) is 5.82. The van der Waals surface area contributed by atoms with Crippen molar-refractivity contribution >= 4 is 11.6 Å². The van der Waals surface area contributed by atoms with Crippen molar-refractivity contribution < 1.29 is 4.39 Å². The lowest BCUT2D eigenvalue weighted by Gasteiger charge is -2.08. The molecule has 0 bridgehead atoms. The van der Waals surface area contributed by atoms with Gasteiger partial charge in [-0.3, -0.25) is 9.97 Å². The van der Waals surface area contributed by atoms with Crippen molar-refractivity contribution in [1.82, 2.24) is 9.97 Å². The number of nitrogens with zero attached hydrogens (tertiary/aromatic N) is 2. The van der Waals surface area contributed by atoms with Gasteiger partial charge in [-0.1, -0.05) is 25.4 Å². The summed E-state index contributed by atoms with van der Waals surface area (Å²) in [4.78, 5) is 8.55. The first-order valence-corrected chi connectivity index (χ1v) is 6.20. The molecule has 2 aromatic heterocycles. The molecule has 0 saturated carbocycles. The Balaban J connectivity index is 2.24. The smallest absolute Gasteiger partial charge is 0.144 e. The molecule has 0 aliphatic rings. The molecule has 2 rings (SSSR count). The van der Waals surface area contributed by atoms with E-state index in [0.717, 1.165) is 11.4 Å². The van der Waals surface area contributed by atoms with Crippen LogP contribution in [0, 0.1) is 5.82 Å². The zero-order valence-electron chi connectivity index (χ0n) is 10.3. The Kier molecular flexibility index (Phi) is 3.92.